The minimum Gasteiger partial charge on any atom is -0.427 e. The van der Waals surface area contributed by atoms with Crippen molar-refractivity contribution in [1.82, 2.24) is 0 Å². The summed E-state index contributed by atoms with van der Waals surface area (Å²) in [5.41, 5.74) is 17.0. The summed E-state index contributed by atoms with van der Waals surface area (Å²) in [4.78, 5) is 47.7. The molecule has 6 aromatic rings. The molecule has 0 aliphatic carbocycles. The molecule has 0 aliphatic heterocycles. The van der Waals surface area contributed by atoms with Crippen molar-refractivity contribution in [3.63, 3.8) is 0 Å². The van der Waals surface area contributed by atoms with Gasteiger partial charge in [0, 0.05) is 32.0 Å². The van der Waals surface area contributed by atoms with E-state index in [1.54, 1.807) is 11.8 Å². The van der Waals surface area contributed by atoms with Crippen molar-refractivity contribution < 1.29 is 28.6 Å². The van der Waals surface area contributed by atoms with Crippen LogP contribution in [0.3, 0.4) is 0 Å². The standard InChI is InChI=1S/C84H124O6P2S/c1-73(2,3)49-41-55(77(13,14)15)63(56(42-49)78(16,17)18)67-69(65-59(81(25,26)27)45-51(75(7,8)9)46-60(65)82(28,29)30)72(93-54-39-37-53(38-40-54)89-91(85)86)70(66-61(83(31,32)33)47-52(76(10,11)12)48-62(66)84(34,35)36)68(71(67)90-92(87)88)64-57(79(19,20)21)43-50(74(4,5)6)44-58(64)80(22,23)24/h37-48,85-88H,1-36H3. The lowest BCUT2D eigenvalue weighted by Gasteiger charge is -2.41. The van der Waals surface area contributed by atoms with Gasteiger partial charge in [0.1, 0.15) is 11.5 Å². The second-order valence-corrected chi connectivity index (χ2v) is 41.7. The normalized spacial score (nSPS) is 14.0. The van der Waals surface area contributed by atoms with Crippen LogP contribution in [0, 0.1) is 0 Å². The summed E-state index contributed by atoms with van der Waals surface area (Å²) in [6.07, 6.45) is 0. The molecule has 0 heterocycles. The molecule has 6 nitrogen and oxygen atoms in total. The molecular weight excluding hydrogens is 1200 g/mol. The molecule has 0 spiro atoms. The summed E-state index contributed by atoms with van der Waals surface area (Å²) in [5.74, 6) is 0.778. The molecule has 0 saturated carbocycles. The van der Waals surface area contributed by atoms with Gasteiger partial charge in [-0.1, -0.05) is 310 Å². The predicted molar refractivity (Wildman–Crippen MR) is 407 cm³/mol. The molecule has 9 heteroatoms. The molecule has 0 amide bonds. The zero-order valence-corrected chi connectivity index (χ0v) is 67.4. The molecule has 4 N–H and O–H groups in total. The first-order valence-corrected chi connectivity index (χ1v) is 37.1. The Morgan fingerprint density at radius 2 is 0.441 bits per heavy atom. The quantitative estimate of drug-likeness (QED) is 0.101. The van der Waals surface area contributed by atoms with E-state index in [-0.39, 0.29) is 21.7 Å². The Bertz CT molecular complexity index is 3380. The van der Waals surface area contributed by atoms with E-state index >= 15 is 0 Å². The lowest BCUT2D eigenvalue weighted by atomic mass is 9.64. The number of rotatable bonds is 10. The highest BCUT2D eigenvalue weighted by molar-refractivity contribution is 7.99. The maximum atomic E-state index is 12.6. The van der Waals surface area contributed by atoms with Crippen LogP contribution < -0.4 is 9.05 Å². The van der Waals surface area contributed by atoms with Crippen molar-refractivity contribution in [2.75, 3.05) is 0 Å². The predicted octanol–water partition coefficient (Wildman–Crippen LogP) is 25.3. The van der Waals surface area contributed by atoms with E-state index in [0.29, 0.717) is 11.5 Å². The first-order chi connectivity index (χ1) is 41.4. The van der Waals surface area contributed by atoms with E-state index in [9.17, 15) is 19.6 Å². The fourth-order valence-corrected chi connectivity index (χ4v) is 14.6. The molecule has 0 aliphatic rings. The SMILES string of the molecule is CC(C)(C)c1cc(C(C)(C)C)c(-c2c(OP(O)O)c(-c3c(C(C)(C)C)cc(C(C)(C)C)cc3C(C)(C)C)c(-c3c(C(C)(C)C)cc(C(C)(C)C)cc3C(C)(C)C)c(Sc3ccc(OP(O)O)cc3)c2-c2c(C(C)(C)C)cc(C(C)(C)C)cc2C(C)(C)C)c(C(C)(C)C)c1. The van der Waals surface area contributed by atoms with E-state index in [1.165, 1.54) is 44.5 Å². The Hall–Kier alpha value is -4.03. The Balaban J connectivity index is 2.49. The molecule has 0 atom stereocenters. The van der Waals surface area contributed by atoms with Crippen LogP contribution in [0.2, 0.25) is 0 Å². The summed E-state index contributed by atoms with van der Waals surface area (Å²) < 4.78 is 13.2. The van der Waals surface area contributed by atoms with Crippen molar-refractivity contribution >= 4 is 29.0 Å². The number of hydrogen-bond donors (Lipinski definition) is 4. The molecular formula is C84H124O6P2S. The third kappa shape index (κ3) is 17.3. The third-order valence-electron chi connectivity index (χ3n) is 18.3. The Morgan fingerprint density at radius 3 is 0.613 bits per heavy atom. The van der Waals surface area contributed by atoms with Gasteiger partial charge < -0.3 is 28.6 Å². The highest BCUT2D eigenvalue weighted by Gasteiger charge is 2.45. The van der Waals surface area contributed by atoms with Gasteiger partial charge in [-0.3, -0.25) is 0 Å². The molecule has 6 aromatic carbocycles. The molecule has 0 fully saturated rings. The zero-order chi connectivity index (χ0) is 71.6. The van der Waals surface area contributed by atoms with E-state index < -0.39 is 60.5 Å². The first-order valence-electron chi connectivity index (χ1n) is 33.9. The Labute approximate surface area is 573 Å². The van der Waals surface area contributed by atoms with Gasteiger partial charge >= 0.3 is 17.2 Å². The highest BCUT2D eigenvalue weighted by Crippen LogP contribution is 2.66. The fraction of sp³-hybridized carbons (Fsp3) is 0.571. The summed E-state index contributed by atoms with van der Waals surface area (Å²) in [6, 6.07) is 27.5. The molecule has 0 aromatic heterocycles. The number of hydrogen-bond acceptors (Lipinski definition) is 7. The van der Waals surface area contributed by atoms with Crippen LogP contribution in [0.5, 0.6) is 11.5 Å². The summed E-state index contributed by atoms with van der Waals surface area (Å²) in [7, 11) is -5.83. The smallest absolute Gasteiger partial charge is 0.391 e. The van der Waals surface area contributed by atoms with Gasteiger partial charge in [-0.25, -0.2) is 0 Å². The number of benzene rings is 6. The molecule has 512 valence electrons. The van der Waals surface area contributed by atoms with Crippen molar-refractivity contribution in [3.8, 4) is 56.0 Å². The van der Waals surface area contributed by atoms with Crippen molar-refractivity contribution in [3.05, 3.63) is 140 Å². The molecule has 0 unspecified atom stereocenters. The second kappa shape index (κ2) is 25.7. The van der Waals surface area contributed by atoms with Crippen LogP contribution in [-0.2, 0) is 65.0 Å². The summed E-state index contributed by atoms with van der Waals surface area (Å²) in [5, 5.41) is 0. The molecule has 6 rings (SSSR count). The van der Waals surface area contributed by atoms with Crippen LogP contribution >= 0.6 is 29.0 Å². The Kier molecular flexibility index (Phi) is 21.5. The Morgan fingerprint density at radius 1 is 0.247 bits per heavy atom. The zero-order valence-electron chi connectivity index (χ0n) is 64.8. The van der Waals surface area contributed by atoms with Gasteiger partial charge in [0.15, 0.2) is 0 Å². The molecule has 0 radical (unpaired) electrons. The van der Waals surface area contributed by atoms with Gasteiger partial charge in [-0.15, -0.1) is 0 Å². The van der Waals surface area contributed by atoms with Crippen LogP contribution in [0.15, 0.2) is 82.6 Å². The van der Waals surface area contributed by atoms with Crippen molar-refractivity contribution in [2.45, 2.75) is 324 Å². The van der Waals surface area contributed by atoms with Gasteiger partial charge in [0.05, 0.1) is 0 Å². The van der Waals surface area contributed by atoms with Crippen LogP contribution in [0.25, 0.3) is 44.5 Å². The van der Waals surface area contributed by atoms with Crippen LogP contribution in [0.4, 0.5) is 0 Å². The molecule has 93 heavy (non-hydrogen) atoms. The average Bonchev–Trinajstić information content (AvgIpc) is 0.690. The summed E-state index contributed by atoms with van der Waals surface area (Å²) in [6.45, 7) is 83.9. The van der Waals surface area contributed by atoms with Crippen LogP contribution in [-0.4, -0.2) is 19.6 Å². The maximum Gasteiger partial charge on any atom is 0.391 e. The molecule has 0 saturated heterocycles. The van der Waals surface area contributed by atoms with E-state index in [1.807, 2.05) is 24.3 Å². The average molecular weight is 1320 g/mol. The monoisotopic (exact) mass is 1320 g/mol. The lowest BCUT2D eigenvalue weighted by Crippen LogP contribution is -2.26. The van der Waals surface area contributed by atoms with Gasteiger partial charge in [-0.2, -0.15) is 0 Å². The summed E-state index contributed by atoms with van der Waals surface area (Å²) >= 11 is 1.72. The van der Waals surface area contributed by atoms with E-state index in [2.05, 4.69) is 298 Å². The van der Waals surface area contributed by atoms with Crippen molar-refractivity contribution in [2.24, 2.45) is 0 Å². The lowest BCUT2D eigenvalue weighted by molar-refractivity contribution is 0.374. The van der Waals surface area contributed by atoms with Crippen LogP contribution in [0.1, 0.15) is 316 Å². The first kappa shape index (κ1) is 78.0. The van der Waals surface area contributed by atoms with E-state index in [4.69, 9.17) is 9.05 Å². The van der Waals surface area contributed by atoms with Crippen molar-refractivity contribution in [1.29, 1.82) is 0 Å². The largest absolute Gasteiger partial charge is 0.427 e. The third-order valence-corrected chi connectivity index (χ3v) is 20.1. The highest BCUT2D eigenvalue weighted by atomic mass is 32.2. The topological polar surface area (TPSA) is 99.4 Å². The molecule has 0 bridgehead atoms. The van der Waals surface area contributed by atoms with Gasteiger partial charge in [0.25, 0.3) is 0 Å². The fourth-order valence-electron chi connectivity index (χ4n) is 12.8. The minimum absolute atomic E-state index is 0.245. The van der Waals surface area contributed by atoms with E-state index in [0.717, 1.165) is 76.6 Å². The maximum absolute atomic E-state index is 12.6. The minimum atomic E-state index is -3.14. The van der Waals surface area contributed by atoms with Gasteiger partial charge in [-0.05, 0) is 178 Å². The van der Waals surface area contributed by atoms with Gasteiger partial charge in [0.2, 0.25) is 0 Å². The second-order valence-electron chi connectivity index (χ2n) is 39.2.